The molecule has 2 aromatic carbocycles. The van der Waals surface area contributed by atoms with Crippen LogP contribution < -0.4 is 18.9 Å². The summed E-state index contributed by atoms with van der Waals surface area (Å²) in [5, 5.41) is 0. The number of anilines is 2. The van der Waals surface area contributed by atoms with Crippen LogP contribution in [0.15, 0.2) is 58.3 Å². The third-order valence-electron chi connectivity index (χ3n) is 4.35. The molecule has 3 aromatic rings. The monoisotopic (exact) mass is 478 g/mol. The Morgan fingerprint density at radius 3 is 2.06 bits per heavy atom. The number of nitrogens with one attached hydrogen (secondary N) is 2. The van der Waals surface area contributed by atoms with Gasteiger partial charge in [-0.1, -0.05) is 17.7 Å². The summed E-state index contributed by atoms with van der Waals surface area (Å²) in [4.78, 5) is 7.88. The van der Waals surface area contributed by atoms with E-state index in [-0.39, 0.29) is 33.2 Å². The second kappa shape index (κ2) is 9.01. The molecule has 0 bridgehead atoms. The van der Waals surface area contributed by atoms with Crippen molar-refractivity contribution in [2.45, 2.75) is 23.6 Å². The van der Waals surface area contributed by atoms with Crippen LogP contribution in [0, 0.1) is 13.8 Å². The maximum absolute atomic E-state index is 12.7. The third kappa shape index (κ3) is 5.26. The van der Waals surface area contributed by atoms with Gasteiger partial charge in [-0.3, -0.25) is 9.44 Å². The average molecular weight is 479 g/mol. The van der Waals surface area contributed by atoms with Crippen molar-refractivity contribution in [1.82, 2.24) is 9.97 Å². The predicted molar refractivity (Wildman–Crippen MR) is 119 cm³/mol. The van der Waals surface area contributed by atoms with E-state index in [0.29, 0.717) is 5.56 Å². The summed E-state index contributed by atoms with van der Waals surface area (Å²) in [6, 6.07) is 11.5. The van der Waals surface area contributed by atoms with Crippen LogP contribution in [-0.4, -0.2) is 41.0 Å². The summed E-state index contributed by atoms with van der Waals surface area (Å²) in [6.45, 7) is 3.58. The van der Waals surface area contributed by atoms with Gasteiger partial charge in [0, 0.05) is 11.8 Å². The molecule has 0 radical (unpaired) electrons. The van der Waals surface area contributed by atoms with Gasteiger partial charge in [-0.25, -0.2) is 16.8 Å². The molecule has 0 saturated heterocycles. The summed E-state index contributed by atoms with van der Waals surface area (Å²) in [5.41, 5.74) is 1.77. The first-order valence-electron chi connectivity index (χ1n) is 9.24. The van der Waals surface area contributed by atoms with E-state index in [1.54, 1.807) is 19.1 Å². The average Bonchev–Trinajstić information content (AvgIpc) is 2.72. The lowest BCUT2D eigenvalue weighted by Gasteiger charge is -2.12. The van der Waals surface area contributed by atoms with Crippen molar-refractivity contribution in [2.75, 3.05) is 23.7 Å². The number of aryl methyl sites for hydroxylation is 2. The molecule has 0 spiro atoms. The number of rotatable bonds is 8. The van der Waals surface area contributed by atoms with Crippen LogP contribution >= 0.6 is 0 Å². The molecule has 0 unspecified atom stereocenters. The van der Waals surface area contributed by atoms with Crippen molar-refractivity contribution in [2.24, 2.45) is 0 Å². The zero-order valence-corrected chi connectivity index (χ0v) is 19.4. The Morgan fingerprint density at radius 2 is 1.47 bits per heavy atom. The van der Waals surface area contributed by atoms with Crippen molar-refractivity contribution in [3.8, 4) is 11.9 Å². The minimum atomic E-state index is -4.02. The molecule has 170 valence electrons. The van der Waals surface area contributed by atoms with Crippen molar-refractivity contribution >= 4 is 31.6 Å². The molecule has 0 aliphatic rings. The summed E-state index contributed by atoms with van der Waals surface area (Å²) in [5.74, 6) is 0.0685. The third-order valence-corrected chi connectivity index (χ3v) is 7.26. The topological polar surface area (TPSA) is 137 Å². The minimum absolute atomic E-state index is 0.0478. The Hall–Kier alpha value is -3.38. The molecule has 32 heavy (non-hydrogen) atoms. The van der Waals surface area contributed by atoms with Gasteiger partial charge in [0.25, 0.3) is 20.0 Å². The van der Waals surface area contributed by atoms with Crippen LogP contribution in [-0.2, 0) is 20.0 Å². The molecule has 1 aromatic heterocycles. The van der Waals surface area contributed by atoms with Gasteiger partial charge in [-0.2, -0.15) is 9.97 Å². The number of hydrogen-bond acceptors (Lipinski definition) is 8. The lowest BCUT2D eigenvalue weighted by molar-refractivity contribution is 0.353. The number of benzene rings is 2. The van der Waals surface area contributed by atoms with Gasteiger partial charge in [-0.05, 0) is 49.7 Å². The van der Waals surface area contributed by atoms with Gasteiger partial charge in [0.05, 0.1) is 24.0 Å². The number of nitrogens with zero attached hydrogens (tertiary/aromatic N) is 2. The molecule has 0 aliphatic heterocycles. The largest absolute Gasteiger partial charge is 0.481 e. The molecule has 3 rings (SSSR count). The van der Waals surface area contributed by atoms with Gasteiger partial charge in [0.2, 0.25) is 5.88 Å². The number of sulfonamides is 2. The molecule has 0 saturated carbocycles. The summed E-state index contributed by atoms with van der Waals surface area (Å²) in [7, 11) is -5.14. The Bertz CT molecular complexity index is 1320. The van der Waals surface area contributed by atoms with Crippen LogP contribution in [0.1, 0.15) is 11.1 Å². The van der Waals surface area contributed by atoms with Crippen molar-refractivity contribution < 1.29 is 26.3 Å². The Kier molecular flexibility index (Phi) is 6.55. The van der Waals surface area contributed by atoms with E-state index in [0.717, 1.165) is 5.56 Å². The molecular formula is C20H22N4O6S2. The van der Waals surface area contributed by atoms with Gasteiger partial charge in [0.15, 0.2) is 5.82 Å². The van der Waals surface area contributed by atoms with Gasteiger partial charge in [0.1, 0.15) is 0 Å². The minimum Gasteiger partial charge on any atom is -0.481 e. The summed E-state index contributed by atoms with van der Waals surface area (Å²) < 4.78 is 65.5. The van der Waals surface area contributed by atoms with Crippen LogP contribution in [0.4, 0.5) is 11.5 Å². The van der Waals surface area contributed by atoms with E-state index in [1.807, 2.05) is 6.92 Å². The fourth-order valence-electron chi connectivity index (χ4n) is 2.86. The van der Waals surface area contributed by atoms with E-state index < -0.39 is 20.0 Å². The molecule has 2 N–H and O–H groups in total. The van der Waals surface area contributed by atoms with Crippen LogP contribution in [0.5, 0.6) is 11.9 Å². The van der Waals surface area contributed by atoms with Crippen molar-refractivity contribution in [3.63, 3.8) is 0 Å². The van der Waals surface area contributed by atoms with Crippen LogP contribution in [0.2, 0.25) is 0 Å². The van der Waals surface area contributed by atoms with Gasteiger partial charge < -0.3 is 9.47 Å². The number of ether oxygens (including phenoxy) is 2. The first-order valence-corrected chi connectivity index (χ1v) is 12.2. The van der Waals surface area contributed by atoms with E-state index in [2.05, 4.69) is 19.4 Å². The summed E-state index contributed by atoms with van der Waals surface area (Å²) in [6.07, 6.45) is 0. The molecule has 12 heteroatoms. The highest BCUT2D eigenvalue weighted by Crippen LogP contribution is 2.24. The van der Waals surface area contributed by atoms with E-state index >= 15 is 0 Å². The lowest BCUT2D eigenvalue weighted by Crippen LogP contribution is -2.16. The number of methoxy groups -OCH3 is 2. The van der Waals surface area contributed by atoms with Gasteiger partial charge >= 0.3 is 6.01 Å². The first-order chi connectivity index (χ1) is 15.0. The van der Waals surface area contributed by atoms with Crippen molar-refractivity contribution in [1.29, 1.82) is 0 Å². The molecule has 0 amide bonds. The SMILES string of the molecule is COc1cc(NS(=O)(=O)c2ccc(NS(=O)(=O)c3ccc(C)cc3C)cc2)nc(OC)n1. The highest BCUT2D eigenvalue weighted by Gasteiger charge is 2.19. The molecule has 1 heterocycles. The predicted octanol–water partition coefficient (Wildman–Crippen LogP) is 2.71. The highest BCUT2D eigenvalue weighted by atomic mass is 32.2. The number of aromatic nitrogens is 2. The second-order valence-electron chi connectivity index (χ2n) is 6.79. The maximum Gasteiger partial charge on any atom is 0.321 e. The molecule has 10 nitrogen and oxygen atoms in total. The van der Waals surface area contributed by atoms with E-state index in [9.17, 15) is 16.8 Å². The normalized spacial score (nSPS) is 11.6. The first kappa shape index (κ1) is 23.3. The Labute approximate surface area is 186 Å². The van der Waals surface area contributed by atoms with Gasteiger partial charge in [-0.15, -0.1) is 0 Å². The zero-order valence-electron chi connectivity index (χ0n) is 17.8. The maximum atomic E-state index is 12.7. The number of hydrogen-bond donors (Lipinski definition) is 2. The Morgan fingerprint density at radius 1 is 0.781 bits per heavy atom. The van der Waals surface area contributed by atoms with Crippen LogP contribution in [0.25, 0.3) is 0 Å². The lowest BCUT2D eigenvalue weighted by atomic mass is 10.2. The molecule has 0 aliphatic carbocycles. The molecular weight excluding hydrogens is 456 g/mol. The van der Waals surface area contributed by atoms with E-state index in [4.69, 9.17) is 9.47 Å². The molecule has 0 fully saturated rings. The Balaban J connectivity index is 1.81. The highest BCUT2D eigenvalue weighted by molar-refractivity contribution is 7.93. The zero-order chi connectivity index (χ0) is 23.5. The standard InChI is InChI=1S/C20H22N4O6S2/c1-13-5-10-17(14(2)11-13)32(27,28)23-15-6-8-16(9-7-15)31(25,26)24-18-12-19(29-3)22-20(21-18)30-4/h5-12,23H,1-4H3,(H,21,22,24). The second-order valence-corrected chi connectivity index (χ2v) is 10.1. The van der Waals surface area contributed by atoms with Crippen LogP contribution in [0.3, 0.4) is 0 Å². The fraction of sp³-hybridized carbons (Fsp3) is 0.200. The summed E-state index contributed by atoms with van der Waals surface area (Å²) >= 11 is 0. The molecule has 0 atom stereocenters. The van der Waals surface area contributed by atoms with E-state index in [1.165, 1.54) is 50.6 Å². The van der Waals surface area contributed by atoms with Crippen molar-refractivity contribution in [3.05, 3.63) is 59.7 Å². The smallest absolute Gasteiger partial charge is 0.321 e. The quantitative estimate of drug-likeness (QED) is 0.504. The fourth-order valence-corrected chi connectivity index (χ4v) is 5.14.